The van der Waals surface area contributed by atoms with Crippen molar-refractivity contribution >= 4 is 5.97 Å². The molecular weight excluding hydrogens is 216 g/mol. The summed E-state index contributed by atoms with van der Waals surface area (Å²) in [6, 6.07) is 9.67. The third-order valence-electron chi connectivity index (χ3n) is 2.89. The predicted octanol–water partition coefficient (Wildman–Crippen LogP) is 2.37. The van der Waals surface area contributed by atoms with Crippen molar-refractivity contribution in [2.24, 2.45) is 0 Å². The second-order valence-corrected chi connectivity index (χ2v) is 3.99. The SMILES string of the molecule is Cc1c(C(C)C(=O)O)cnn1-c1ccccc1. The summed E-state index contributed by atoms with van der Waals surface area (Å²) in [4.78, 5) is 11.0. The van der Waals surface area contributed by atoms with Gasteiger partial charge in [0.1, 0.15) is 0 Å². The Labute approximate surface area is 99.5 Å². The van der Waals surface area contributed by atoms with Gasteiger partial charge >= 0.3 is 5.97 Å². The molecule has 4 nitrogen and oxygen atoms in total. The molecule has 17 heavy (non-hydrogen) atoms. The highest BCUT2D eigenvalue weighted by Gasteiger charge is 2.19. The molecular formula is C13H14N2O2. The molecule has 1 heterocycles. The topological polar surface area (TPSA) is 55.1 Å². The van der Waals surface area contributed by atoms with Crippen molar-refractivity contribution in [2.75, 3.05) is 0 Å². The van der Waals surface area contributed by atoms with E-state index in [1.54, 1.807) is 17.8 Å². The lowest BCUT2D eigenvalue weighted by Crippen LogP contribution is -2.08. The van der Waals surface area contributed by atoms with Crippen LogP contribution in [0.15, 0.2) is 36.5 Å². The fraction of sp³-hybridized carbons (Fsp3) is 0.231. The van der Waals surface area contributed by atoms with Crippen LogP contribution in [0.4, 0.5) is 0 Å². The van der Waals surface area contributed by atoms with E-state index in [-0.39, 0.29) is 0 Å². The van der Waals surface area contributed by atoms with Crippen LogP contribution in [-0.4, -0.2) is 20.9 Å². The van der Waals surface area contributed by atoms with Gasteiger partial charge in [0.15, 0.2) is 0 Å². The third kappa shape index (κ3) is 2.06. The fourth-order valence-electron chi connectivity index (χ4n) is 1.81. The Bertz CT molecular complexity index is 532. The average Bonchev–Trinajstić information content (AvgIpc) is 2.71. The maximum atomic E-state index is 11.0. The predicted molar refractivity (Wildman–Crippen MR) is 64.4 cm³/mol. The summed E-state index contributed by atoms with van der Waals surface area (Å²) in [7, 11) is 0. The third-order valence-corrected chi connectivity index (χ3v) is 2.89. The molecule has 0 saturated heterocycles. The second-order valence-electron chi connectivity index (χ2n) is 3.99. The van der Waals surface area contributed by atoms with Crippen LogP contribution in [0.3, 0.4) is 0 Å². The number of hydrogen-bond donors (Lipinski definition) is 1. The first-order valence-electron chi connectivity index (χ1n) is 5.44. The first-order chi connectivity index (χ1) is 8.11. The van der Waals surface area contributed by atoms with E-state index in [2.05, 4.69) is 5.10 Å². The van der Waals surface area contributed by atoms with Crippen LogP contribution in [-0.2, 0) is 4.79 Å². The van der Waals surface area contributed by atoms with Gasteiger partial charge in [-0.1, -0.05) is 18.2 Å². The lowest BCUT2D eigenvalue weighted by Gasteiger charge is -2.07. The molecule has 1 N–H and O–H groups in total. The highest BCUT2D eigenvalue weighted by molar-refractivity contribution is 5.75. The minimum atomic E-state index is -0.833. The summed E-state index contributed by atoms with van der Waals surface area (Å²) >= 11 is 0. The average molecular weight is 230 g/mol. The quantitative estimate of drug-likeness (QED) is 0.880. The van der Waals surface area contributed by atoms with E-state index in [1.807, 2.05) is 37.3 Å². The van der Waals surface area contributed by atoms with Gasteiger partial charge in [-0.3, -0.25) is 4.79 Å². The number of nitrogens with zero attached hydrogens (tertiary/aromatic N) is 2. The molecule has 0 aliphatic carbocycles. The van der Waals surface area contributed by atoms with Crippen LogP contribution >= 0.6 is 0 Å². The molecule has 0 radical (unpaired) electrons. The molecule has 0 aliphatic heterocycles. The van der Waals surface area contributed by atoms with Crippen molar-refractivity contribution in [3.63, 3.8) is 0 Å². The lowest BCUT2D eigenvalue weighted by molar-refractivity contribution is -0.138. The second kappa shape index (κ2) is 4.41. The van der Waals surface area contributed by atoms with Gasteiger partial charge in [-0.05, 0) is 26.0 Å². The normalized spacial score (nSPS) is 12.4. The molecule has 2 aromatic rings. The molecule has 2 rings (SSSR count). The summed E-state index contributed by atoms with van der Waals surface area (Å²) in [5.74, 6) is -1.37. The van der Waals surface area contributed by atoms with E-state index in [0.717, 1.165) is 16.9 Å². The van der Waals surface area contributed by atoms with Gasteiger partial charge in [-0.2, -0.15) is 5.10 Å². The summed E-state index contributed by atoms with van der Waals surface area (Å²) in [5, 5.41) is 13.2. The minimum absolute atomic E-state index is 0.535. The van der Waals surface area contributed by atoms with E-state index in [4.69, 9.17) is 5.11 Å². The molecule has 88 valence electrons. The Morgan fingerprint density at radius 2 is 2.00 bits per heavy atom. The largest absolute Gasteiger partial charge is 0.481 e. The van der Waals surface area contributed by atoms with Gasteiger partial charge in [0.2, 0.25) is 0 Å². The van der Waals surface area contributed by atoms with Crippen molar-refractivity contribution < 1.29 is 9.90 Å². The monoisotopic (exact) mass is 230 g/mol. The molecule has 0 amide bonds. The Balaban J connectivity index is 2.43. The fourth-order valence-corrected chi connectivity index (χ4v) is 1.81. The molecule has 1 aromatic heterocycles. The molecule has 0 bridgehead atoms. The molecule has 1 aromatic carbocycles. The van der Waals surface area contributed by atoms with Gasteiger partial charge < -0.3 is 5.11 Å². The van der Waals surface area contributed by atoms with E-state index in [0.29, 0.717) is 0 Å². The van der Waals surface area contributed by atoms with Gasteiger partial charge in [-0.25, -0.2) is 4.68 Å². The van der Waals surface area contributed by atoms with Crippen molar-refractivity contribution in [3.8, 4) is 5.69 Å². The number of aromatic nitrogens is 2. The standard InChI is InChI=1S/C13H14N2O2/c1-9(13(16)17)12-8-14-15(10(12)2)11-6-4-3-5-7-11/h3-9H,1-2H3,(H,16,17). The van der Waals surface area contributed by atoms with E-state index >= 15 is 0 Å². The van der Waals surface area contributed by atoms with Crippen LogP contribution in [0.2, 0.25) is 0 Å². The molecule has 1 unspecified atom stereocenters. The highest BCUT2D eigenvalue weighted by Crippen LogP contribution is 2.21. The molecule has 0 aliphatic rings. The lowest BCUT2D eigenvalue weighted by atomic mass is 10.0. The number of carboxylic acid groups (broad SMARTS) is 1. The molecule has 0 spiro atoms. The first-order valence-corrected chi connectivity index (χ1v) is 5.44. The molecule has 1 atom stereocenters. The number of hydrogen-bond acceptors (Lipinski definition) is 2. The van der Waals surface area contributed by atoms with Crippen molar-refractivity contribution in [2.45, 2.75) is 19.8 Å². The molecule has 4 heteroatoms. The number of para-hydroxylation sites is 1. The Kier molecular flexibility index (Phi) is 2.95. The van der Waals surface area contributed by atoms with E-state index < -0.39 is 11.9 Å². The molecule has 0 saturated carbocycles. The summed E-state index contributed by atoms with van der Waals surface area (Å²) in [6.07, 6.45) is 1.63. The maximum absolute atomic E-state index is 11.0. The van der Waals surface area contributed by atoms with Crippen LogP contribution in [0.5, 0.6) is 0 Å². The number of aliphatic carboxylic acids is 1. The summed E-state index contributed by atoms with van der Waals surface area (Å²) < 4.78 is 1.76. The first kappa shape index (κ1) is 11.4. The van der Waals surface area contributed by atoms with Gasteiger partial charge in [0.25, 0.3) is 0 Å². The minimum Gasteiger partial charge on any atom is -0.481 e. The van der Waals surface area contributed by atoms with Crippen LogP contribution in [0.25, 0.3) is 5.69 Å². The van der Waals surface area contributed by atoms with Crippen molar-refractivity contribution in [3.05, 3.63) is 47.8 Å². The zero-order chi connectivity index (χ0) is 12.4. The van der Waals surface area contributed by atoms with Crippen LogP contribution in [0.1, 0.15) is 24.1 Å². The van der Waals surface area contributed by atoms with Gasteiger partial charge in [0, 0.05) is 11.3 Å². The number of carboxylic acids is 1. The van der Waals surface area contributed by atoms with Crippen LogP contribution < -0.4 is 0 Å². The van der Waals surface area contributed by atoms with E-state index in [1.165, 1.54) is 0 Å². The zero-order valence-electron chi connectivity index (χ0n) is 9.79. The Morgan fingerprint density at radius 1 is 1.35 bits per heavy atom. The summed E-state index contributed by atoms with van der Waals surface area (Å²) in [6.45, 7) is 3.55. The van der Waals surface area contributed by atoms with Crippen LogP contribution in [0, 0.1) is 6.92 Å². The maximum Gasteiger partial charge on any atom is 0.310 e. The Hall–Kier alpha value is -2.10. The number of benzene rings is 1. The number of rotatable bonds is 3. The van der Waals surface area contributed by atoms with E-state index in [9.17, 15) is 4.79 Å². The summed E-state index contributed by atoms with van der Waals surface area (Å²) in [5.41, 5.74) is 2.56. The number of carbonyl (C=O) groups is 1. The smallest absolute Gasteiger partial charge is 0.310 e. The Morgan fingerprint density at radius 3 is 2.59 bits per heavy atom. The zero-order valence-corrected chi connectivity index (χ0v) is 9.79. The molecule has 0 fully saturated rings. The van der Waals surface area contributed by atoms with Gasteiger partial charge in [0.05, 0.1) is 17.8 Å². The highest BCUT2D eigenvalue weighted by atomic mass is 16.4. The van der Waals surface area contributed by atoms with Gasteiger partial charge in [-0.15, -0.1) is 0 Å². The van der Waals surface area contributed by atoms with Crippen molar-refractivity contribution in [1.29, 1.82) is 0 Å². The van der Waals surface area contributed by atoms with Crippen molar-refractivity contribution in [1.82, 2.24) is 9.78 Å².